The van der Waals surface area contributed by atoms with E-state index in [0.717, 1.165) is 23.5 Å². The number of H-pyrrole nitrogens is 1. The van der Waals surface area contributed by atoms with Crippen LogP contribution in [0.15, 0.2) is 48.9 Å². The molecule has 168 valence electrons. The summed E-state index contributed by atoms with van der Waals surface area (Å²) in [4.78, 5) is 17.4. The average Bonchev–Trinajstić information content (AvgIpc) is 3.21. The zero-order valence-corrected chi connectivity index (χ0v) is 18.1. The maximum absolute atomic E-state index is 13.2. The molecule has 4 rings (SSSR count). The zero-order valence-electron chi connectivity index (χ0n) is 18.1. The molecule has 0 unspecified atom stereocenters. The fourth-order valence-electron chi connectivity index (χ4n) is 3.43. The summed E-state index contributed by atoms with van der Waals surface area (Å²) in [7, 11) is 3.92. The third kappa shape index (κ3) is 4.43. The Bertz CT molecular complexity index is 1340. The lowest BCUT2D eigenvalue weighted by atomic mass is 10.1. The fourth-order valence-corrected chi connectivity index (χ4v) is 3.43. The molecule has 0 aliphatic heterocycles. The fraction of sp³-hybridized carbons (Fsp3) is 0.217. The van der Waals surface area contributed by atoms with Gasteiger partial charge in [-0.1, -0.05) is 12.1 Å². The van der Waals surface area contributed by atoms with Crippen LogP contribution in [0.4, 0.5) is 24.8 Å². The highest BCUT2D eigenvalue weighted by molar-refractivity contribution is 5.94. The molecule has 7 nitrogen and oxygen atoms in total. The van der Waals surface area contributed by atoms with Gasteiger partial charge < -0.3 is 15.2 Å². The van der Waals surface area contributed by atoms with Crippen molar-refractivity contribution < 1.29 is 13.2 Å². The number of alkyl halides is 3. The standard InChI is InChI=1S/C23H20F3N7/c1-13(14-4-6-17(7-5-14)33(2)3)31-22-30-10-15(9-27)20(32-22)19-12-29-21-18(19)8-16(11-28-21)23(24,25)26/h4-8,10-13H,1-3H3,(H,28,29)(H,30,31,32)/t13-/m1/s1. The first-order chi connectivity index (χ1) is 15.7. The minimum Gasteiger partial charge on any atom is -0.378 e. The topological polar surface area (TPSA) is 93.5 Å². The van der Waals surface area contributed by atoms with Gasteiger partial charge in [-0.15, -0.1) is 0 Å². The monoisotopic (exact) mass is 451 g/mol. The Kier molecular flexibility index (Phi) is 5.64. The molecule has 0 spiro atoms. The van der Waals surface area contributed by atoms with E-state index in [0.29, 0.717) is 5.56 Å². The molecule has 0 amide bonds. The first kappa shape index (κ1) is 22.1. The highest BCUT2D eigenvalue weighted by Crippen LogP contribution is 2.35. The lowest BCUT2D eigenvalue weighted by Gasteiger charge is -2.17. The van der Waals surface area contributed by atoms with Gasteiger partial charge in [0.05, 0.1) is 29.1 Å². The lowest BCUT2D eigenvalue weighted by Crippen LogP contribution is -2.11. The average molecular weight is 451 g/mol. The van der Waals surface area contributed by atoms with Gasteiger partial charge in [-0.25, -0.2) is 15.0 Å². The largest absolute Gasteiger partial charge is 0.417 e. The summed E-state index contributed by atoms with van der Waals surface area (Å²) in [6.45, 7) is 1.94. The highest BCUT2D eigenvalue weighted by Gasteiger charge is 2.31. The van der Waals surface area contributed by atoms with E-state index in [1.54, 1.807) is 0 Å². The molecule has 0 radical (unpaired) electrons. The summed E-state index contributed by atoms with van der Waals surface area (Å²) in [6.07, 6.45) is -0.922. The van der Waals surface area contributed by atoms with Crippen LogP contribution in [-0.2, 0) is 6.18 Å². The molecule has 4 aromatic rings. The maximum Gasteiger partial charge on any atom is 0.417 e. The van der Waals surface area contributed by atoms with Crippen LogP contribution in [0.25, 0.3) is 22.3 Å². The molecule has 10 heteroatoms. The van der Waals surface area contributed by atoms with E-state index in [4.69, 9.17) is 0 Å². The number of nitriles is 1. The summed E-state index contributed by atoms with van der Waals surface area (Å²) >= 11 is 0. The zero-order chi connectivity index (χ0) is 23.8. The summed E-state index contributed by atoms with van der Waals surface area (Å²) in [5.74, 6) is 0.252. The number of halogens is 3. The second kappa shape index (κ2) is 8.43. The van der Waals surface area contributed by atoms with E-state index < -0.39 is 11.7 Å². The first-order valence-corrected chi connectivity index (χ1v) is 10.0. The number of nitrogens with zero attached hydrogens (tertiary/aromatic N) is 5. The Morgan fingerprint density at radius 3 is 2.48 bits per heavy atom. The minimum atomic E-state index is -4.54. The van der Waals surface area contributed by atoms with Crippen molar-refractivity contribution in [3.05, 3.63) is 65.6 Å². The van der Waals surface area contributed by atoms with Crippen molar-refractivity contribution in [2.45, 2.75) is 19.1 Å². The molecule has 2 N–H and O–H groups in total. The molecule has 0 aliphatic rings. The van der Waals surface area contributed by atoms with E-state index in [1.165, 1.54) is 12.4 Å². The van der Waals surface area contributed by atoms with Gasteiger partial charge in [0.25, 0.3) is 0 Å². The van der Waals surface area contributed by atoms with Gasteiger partial charge in [-0.2, -0.15) is 18.4 Å². The van der Waals surface area contributed by atoms with Crippen molar-refractivity contribution in [2.24, 2.45) is 0 Å². The van der Waals surface area contributed by atoms with E-state index >= 15 is 0 Å². The second-order valence-electron chi connectivity index (χ2n) is 7.74. The summed E-state index contributed by atoms with van der Waals surface area (Å²) in [6, 6.07) is 10.8. The maximum atomic E-state index is 13.2. The van der Waals surface area contributed by atoms with Crippen LogP contribution >= 0.6 is 0 Å². The number of fused-ring (bicyclic) bond motifs is 1. The predicted molar refractivity (Wildman–Crippen MR) is 120 cm³/mol. The van der Waals surface area contributed by atoms with Gasteiger partial charge in [-0.05, 0) is 30.7 Å². The molecular weight excluding hydrogens is 431 g/mol. The van der Waals surface area contributed by atoms with E-state index in [9.17, 15) is 18.4 Å². The highest BCUT2D eigenvalue weighted by atomic mass is 19.4. The third-order valence-corrected chi connectivity index (χ3v) is 5.28. The lowest BCUT2D eigenvalue weighted by molar-refractivity contribution is -0.137. The molecule has 1 aromatic carbocycles. The summed E-state index contributed by atoms with van der Waals surface area (Å²) < 4.78 is 39.6. The summed E-state index contributed by atoms with van der Waals surface area (Å²) in [5.41, 5.74) is 2.16. The quantitative estimate of drug-likeness (QED) is 0.436. The van der Waals surface area contributed by atoms with Crippen molar-refractivity contribution in [2.75, 3.05) is 24.3 Å². The molecule has 0 saturated heterocycles. The van der Waals surface area contributed by atoms with Crippen molar-refractivity contribution in [1.29, 1.82) is 5.26 Å². The second-order valence-corrected chi connectivity index (χ2v) is 7.74. The number of benzene rings is 1. The molecular formula is C23H20F3N7. The number of aromatic amines is 1. The van der Waals surface area contributed by atoms with Crippen molar-refractivity contribution in [1.82, 2.24) is 19.9 Å². The molecule has 1 atom stereocenters. The van der Waals surface area contributed by atoms with Gasteiger partial charge in [0.1, 0.15) is 11.7 Å². The third-order valence-electron chi connectivity index (χ3n) is 5.28. The molecule has 0 saturated carbocycles. The van der Waals surface area contributed by atoms with Crippen LogP contribution in [-0.4, -0.2) is 34.0 Å². The van der Waals surface area contributed by atoms with Gasteiger partial charge >= 0.3 is 6.18 Å². The predicted octanol–water partition coefficient (Wildman–Crippen LogP) is 5.15. The number of hydrogen-bond donors (Lipinski definition) is 2. The molecule has 33 heavy (non-hydrogen) atoms. The van der Waals surface area contributed by atoms with Crippen molar-refractivity contribution >= 4 is 22.7 Å². The van der Waals surface area contributed by atoms with Crippen molar-refractivity contribution in [3.63, 3.8) is 0 Å². The van der Waals surface area contributed by atoms with Crippen LogP contribution in [0, 0.1) is 11.3 Å². The smallest absolute Gasteiger partial charge is 0.378 e. The first-order valence-electron chi connectivity index (χ1n) is 10.0. The van der Waals surface area contributed by atoms with E-state index in [-0.39, 0.29) is 34.3 Å². The Labute approximate surface area is 187 Å². The molecule has 3 aromatic heterocycles. The number of pyridine rings is 1. The van der Waals surface area contributed by atoms with Gasteiger partial charge in [0.15, 0.2) is 0 Å². The Morgan fingerprint density at radius 1 is 1.12 bits per heavy atom. The van der Waals surface area contributed by atoms with Crippen LogP contribution < -0.4 is 10.2 Å². The van der Waals surface area contributed by atoms with Crippen LogP contribution in [0.2, 0.25) is 0 Å². The van der Waals surface area contributed by atoms with Crippen LogP contribution in [0.1, 0.15) is 29.7 Å². The summed E-state index contributed by atoms with van der Waals surface area (Å²) in [5, 5.41) is 12.9. The Balaban J connectivity index is 1.70. The molecule has 0 aliphatic carbocycles. The van der Waals surface area contributed by atoms with Crippen molar-refractivity contribution in [3.8, 4) is 17.3 Å². The van der Waals surface area contributed by atoms with E-state index in [2.05, 4.69) is 25.3 Å². The minimum absolute atomic E-state index is 0.141. The molecule has 3 heterocycles. The number of rotatable bonds is 5. The SMILES string of the molecule is C[C@@H](Nc1ncc(C#N)c(-c2c[nH]c3ncc(C(F)(F)F)cc23)n1)c1ccc(N(C)C)cc1. The van der Waals surface area contributed by atoms with E-state index in [1.807, 2.05) is 56.3 Å². The van der Waals surface area contributed by atoms with Crippen LogP contribution in [0.5, 0.6) is 0 Å². The van der Waals surface area contributed by atoms with Gasteiger partial charge in [-0.3, -0.25) is 0 Å². The number of aromatic nitrogens is 4. The Morgan fingerprint density at radius 2 is 1.85 bits per heavy atom. The normalized spacial score (nSPS) is 12.4. The van der Waals surface area contributed by atoms with Crippen LogP contribution in [0.3, 0.4) is 0 Å². The number of anilines is 2. The number of nitrogens with one attached hydrogen (secondary N) is 2. The van der Waals surface area contributed by atoms with Gasteiger partial charge in [0, 0.05) is 43.1 Å². The molecule has 0 bridgehead atoms. The Hall–Kier alpha value is -4.13. The number of hydrogen-bond acceptors (Lipinski definition) is 6. The molecule has 0 fully saturated rings. The van der Waals surface area contributed by atoms with Gasteiger partial charge in [0.2, 0.25) is 5.95 Å².